The summed E-state index contributed by atoms with van der Waals surface area (Å²) in [7, 11) is 0. The van der Waals surface area contributed by atoms with Gasteiger partial charge in [-0.1, -0.05) is 12.1 Å². The molecular weight excluding hydrogens is 322 g/mol. The molecule has 1 saturated carbocycles. The van der Waals surface area contributed by atoms with Crippen molar-refractivity contribution in [1.82, 2.24) is 10.3 Å². The normalized spacial score (nSPS) is 13.0. The summed E-state index contributed by atoms with van der Waals surface area (Å²) in [6.45, 7) is -0.445. The van der Waals surface area contributed by atoms with Gasteiger partial charge in [-0.05, 0) is 37.1 Å². The molecule has 0 radical (unpaired) electrons. The maximum Gasteiger partial charge on any atom is 0.338 e. The van der Waals surface area contributed by atoms with Gasteiger partial charge in [0, 0.05) is 18.4 Å². The van der Waals surface area contributed by atoms with Gasteiger partial charge in [0.25, 0.3) is 11.8 Å². The van der Waals surface area contributed by atoms with Gasteiger partial charge in [0.2, 0.25) is 0 Å². The predicted molar refractivity (Wildman–Crippen MR) is 90.1 cm³/mol. The van der Waals surface area contributed by atoms with Crippen LogP contribution in [0.15, 0.2) is 48.8 Å². The number of carbonyl (C=O) groups excluding carboxylic acids is 3. The van der Waals surface area contributed by atoms with Gasteiger partial charge in [-0.2, -0.15) is 0 Å². The molecule has 0 unspecified atom stereocenters. The molecule has 0 spiro atoms. The number of amides is 2. The molecule has 7 heteroatoms. The van der Waals surface area contributed by atoms with Gasteiger partial charge in [0.15, 0.2) is 6.61 Å². The van der Waals surface area contributed by atoms with Gasteiger partial charge >= 0.3 is 5.97 Å². The second-order valence-corrected chi connectivity index (χ2v) is 5.65. The summed E-state index contributed by atoms with van der Waals surface area (Å²) < 4.78 is 4.96. The molecule has 0 aliphatic heterocycles. The number of hydrogen-bond donors (Lipinski definition) is 2. The van der Waals surface area contributed by atoms with Crippen LogP contribution in [0.3, 0.4) is 0 Å². The minimum atomic E-state index is -0.614. The lowest BCUT2D eigenvalue weighted by Crippen LogP contribution is -2.28. The van der Waals surface area contributed by atoms with Crippen molar-refractivity contribution < 1.29 is 19.1 Å². The van der Waals surface area contributed by atoms with E-state index >= 15 is 0 Å². The van der Waals surface area contributed by atoms with Gasteiger partial charge in [-0.25, -0.2) is 4.79 Å². The third-order valence-electron chi connectivity index (χ3n) is 3.61. The van der Waals surface area contributed by atoms with Crippen LogP contribution in [0.25, 0.3) is 0 Å². The van der Waals surface area contributed by atoms with E-state index in [1.165, 1.54) is 24.5 Å². The molecule has 0 atom stereocenters. The molecule has 3 rings (SSSR count). The zero-order chi connectivity index (χ0) is 17.6. The Morgan fingerprint density at radius 2 is 1.80 bits per heavy atom. The van der Waals surface area contributed by atoms with E-state index < -0.39 is 18.5 Å². The van der Waals surface area contributed by atoms with Gasteiger partial charge < -0.3 is 15.4 Å². The number of nitrogens with zero attached hydrogens (tertiary/aromatic N) is 1. The highest BCUT2D eigenvalue weighted by atomic mass is 16.5. The number of para-hydroxylation sites is 1. The van der Waals surface area contributed by atoms with Crippen LogP contribution < -0.4 is 10.6 Å². The van der Waals surface area contributed by atoms with Crippen LogP contribution >= 0.6 is 0 Å². The molecule has 1 fully saturated rings. The lowest BCUT2D eigenvalue weighted by atomic mass is 10.1. The number of esters is 1. The highest BCUT2D eigenvalue weighted by Crippen LogP contribution is 2.21. The summed E-state index contributed by atoms with van der Waals surface area (Å²) >= 11 is 0. The van der Waals surface area contributed by atoms with Crippen molar-refractivity contribution in [1.29, 1.82) is 0 Å². The van der Waals surface area contributed by atoms with Gasteiger partial charge in [0.1, 0.15) is 0 Å². The first-order valence-corrected chi connectivity index (χ1v) is 7.90. The summed E-state index contributed by atoms with van der Waals surface area (Å²) in [6.07, 6.45) is 4.88. The molecule has 1 aromatic carbocycles. The molecule has 2 amide bonds. The fourth-order valence-electron chi connectivity index (χ4n) is 2.17. The van der Waals surface area contributed by atoms with Crippen molar-refractivity contribution >= 4 is 23.5 Å². The third-order valence-corrected chi connectivity index (χ3v) is 3.61. The number of hydrogen-bond acceptors (Lipinski definition) is 5. The zero-order valence-electron chi connectivity index (χ0n) is 13.4. The number of aromatic nitrogens is 1. The Morgan fingerprint density at radius 1 is 1.08 bits per heavy atom. The highest BCUT2D eigenvalue weighted by Gasteiger charge is 2.25. The zero-order valence-corrected chi connectivity index (χ0v) is 13.4. The second kappa shape index (κ2) is 7.57. The molecule has 1 heterocycles. The van der Waals surface area contributed by atoms with Crippen molar-refractivity contribution in [3.8, 4) is 0 Å². The number of nitrogens with one attached hydrogen (secondary N) is 2. The van der Waals surface area contributed by atoms with E-state index in [1.54, 1.807) is 24.3 Å². The average molecular weight is 339 g/mol. The molecule has 2 aromatic rings. The Kier molecular flexibility index (Phi) is 5.03. The highest BCUT2D eigenvalue weighted by molar-refractivity contribution is 6.04. The van der Waals surface area contributed by atoms with Crippen LogP contribution in [0.4, 0.5) is 5.69 Å². The smallest absolute Gasteiger partial charge is 0.338 e. The monoisotopic (exact) mass is 339 g/mol. The molecule has 2 N–H and O–H groups in total. The fourth-order valence-corrected chi connectivity index (χ4v) is 2.17. The molecule has 0 bridgehead atoms. The molecule has 25 heavy (non-hydrogen) atoms. The Hall–Kier alpha value is -3.22. The summed E-state index contributed by atoms with van der Waals surface area (Å²) in [4.78, 5) is 39.8. The van der Waals surface area contributed by atoms with Gasteiger partial charge in [0.05, 0.1) is 16.8 Å². The number of rotatable bonds is 6. The van der Waals surface area contributed by atoms with E-state index in [9.17, 15) is 14.4 Å². The minimum Gasteiger partial charge on any atom is -0.452 e. The molecule has 1 aliphatic carbocycles. The van der Waals surface area contributed by atoms with Crippen molar-refractivity contribution in [3.63, 3.8) is 0 Å². The maximum absolute atomic E-state index is 12.2. The third kappa shape index (κ3) is 4.63. The Bertz CT molecular complexity index is 788. The molecule has 7 nitrogen and oxygen atoms in total. The molecule has 128 valence electrons. The van der Waals surface area contributed by atoms with Crippen molar-refractivity contribution in [3.05, 3.63) is 59.9 Å². The molecular formula is C18H17N3O4. The number of anilines is 1. The van der Waals surface area contributed by atoms with Crippen molar-refractivity contribution in [2.24, 2.45) is 0 Å². The lowest BCUT2D eigenvalue weighted by Gasteiger charge is -2.11. The number of carbonyl (C=O) groups is 3. The Balaban J connectivity index is 1.57. The van der Waals surface area contributed by atoms with Gasteiger partial charge in [-0.3, -0.25) is 14.6 Å². The number of ether oxygens (including phenoxy) is 1. The number of pyridine rings is 1. The van der Waals surface area contributed by atoms with Crippen LogP contribution in [0, 0.1) is 0 Å². The van der Waals surface area contributed by atoms with Crippen LogP contribution in [0.5, 0.6) is 0 Å². The predicted octanol–water partition coefficient (Wildman–Crippen LogP) is 1.77. The van der Waals surface area contributed by atoms with E-state index in [1.807, 2.05) is 0 Å². The summed E-state index contributed by atoms with van der Waals surface area (Å²) in [6, 6.07) is 9.92. The molecule has 1 aromatic heterocycles. The quantitative estimate of drug-likeness (QED) is 0.782. The first kappa shape index (κ1) is 16.6. The summed E-state index contributed by atoms with van der Waals surface area (Å²) in [5, 5.41) is 5.48. The summed E-state index contributed by atoms with van der Waals surface area (Å²) in [5.41, 5.74) is 1.07. The topological polar surface area (TPSA) is 97.4 Å². The lowest BCUT2D eigenvalue weighted by molar-refractivity contribution is -0.119. The largest absolute Gasteiger partial charge is 0.452 e. The molecule has 0 saturated heterocycles. The van der Waals surface area contributed by atoms with E-state index in [0.29, 0.717) is 16.8 Å². The van der Waals surface area contributed by atoms with Crippen molar-refractivity contribution in [2.75, 3.05) is 11.9 Å². The van der Waals surface area contributed by atoms with Crippen LogP contribution in [0.1, 0.15) is 33.6 Å². The van der Waals surface area contributed by atoms with E-state index in [-0.39, 0.29) is 11.9 Å². The number of benzene rings is 1. The fraction of sp³-hybridized carbons (Fsp3) is 0.222. The van der Waals surface area contributed by atoms with E-state index in [0.717, 1.165) is 12.8 Å². The Morgan fingerprint density at radius 3 is 2.52 bits per heavy atom. The maximum atomic E-state index is 12.2. The standard InChI is InChI=1S/C18H17N3O4/c22-16(11-25-18(24)12-7-9-19-10-8-12)21-15-4-2-1-3-14(15)17(23)20-13-5-6-13/h1-4,7-10,13H,5-6,11H2,(H,20,23)(H,21,22). The van der Waals surface area contributed by atoms with E-state index in [4.69, 9.17) is 4.74 Å². The summed E-state index contributed by atoms with van der Waals surface area (Å²) in [5.74, 6) is -1.36. The van der Waals surface area contributed by atoms with Crippen LogP contribution in [-0.4, -0.2) is 35.4 Å². The first-order chi connectivity index (χ1) is 12.1. The first-order valence-electron chi connectivity index (χ1n) is 7.90. The van der Waals surface area contributed by atoms with Crippen LogP contribution in [-0.2, 0) is 9.53 Å². The Labute approximate surface area is 144 Å². The van der Waals surface area contributed by atoms with Gasteiger partial charge in [-0.15, -0.1) is 0 Å². The minimum absolute atomic E-state index is 0.220. The molecule has 1 aliphatic rings. The van der Waals surface area contributed by atoms with Crippen LogP contribution in [0.2, 0.25) is 0 Å². The second-order valence-electron chi connectivity index (χ2n) is 5.65. The average Bonchev–Trinajstić information content (AvgIpc) is 3.45. The van der Waals surface area contributed by atoms with Crippen molar-refractivity contribution in [2.45, 2.75) is 18.9 Å². The van der Waals surface area contributed by atoms with E-state index in [2.05, 4.69) is 15.6 Å². The SMILES string of the molecule is O=C(COC(=O)c1ccncc1)Nc1ccccc1C(=O)NC1CC1.